The Morgan fingerprint density at radius 1 is 1.27 bits per heavy atom. The van der Waals surface area contributed by atoms with Crippen LogP contribution in [0.3, 0.4) is 0 Å². The summed E-state index contributed by atoms with van der Waals surface area (Å²) >= 11 is 3.41. The van der Waals surface area contributed by atoms with Gasteiger partial charge in [0.2, 0.25) is 5.91 Å². The molecule has 2 N–H and O–H groups in total. The SMILES string of the molecule is CC(N)(C(=O)N1CCC(Cn2cccn2)CC1)c1ccc(Br)cc1.Cl.Cl. The molecule has 1 aliphatic rings. The van der Waals surface area contributed by atoms with E-state index in [9.17, 15) is 4.79 Å². The molecule has 1 atom stereocenters. The summed E-state index contributed by atoms with van der Waals surface area (Å²) in [6.45, 7) is 4.23. The summed E-state index contributed by atoms with van der Waals surface area (Å²) in [4.78, 5) is 14.8. The van der Waals surface area contributed by atoms with Crippen molar-refractivity contribution in [2.45, 2.75) is 31.8 Å². The predicted molar refractivity (Wildman–Crippen MR) is 112 cm³/mol. The van der Waals surface area contributed by atoms with Crippen LogP contribution in [0, 0.1) is 5.92 Å². The third-order valence-corrected chi connectivity index (χ3v) is 5.32. The number of nitrogens with zero attached hydrogens (tertiary/aromatic N) is 3. The average Bonchev–Trinajstić information content (AvgIpc) is 3.08. The van der Waals surface area contributed by atoms with E-state index < -0.39 is 5.54 Å². The van der Waals surface area contributed by atoms with Crippen molar-refractivity contribution in [3.63, 3.8) is 0 Å². The van der Waals surface area contributed by atoms with E-state index >= 15 is 0 Å². The molecule has 2 heterocycles. The molecule has 144 valence electrons. The summed E-state index contributed by atoms with van der Waals surface area (Å²) in [5.74, 6) is 0.563. The molecular formula is C18H25BrCl2N4O. The van der Waals surface area contributed by atoms with Crippen molar-refractivity contribution in [3.05, 3.63) is 52.8 Å². The molecule has 26 heavy (non-hydrogen) atoms. The Labute approximate surface area is 175 Å². The lowest BCUT2D eigenvalue weighted by Crippen LogP contribution is -2.53. The second-order valence-corrected chi connectivity index (χ2v) is 7.59. The van der Waals surface area contributed by atoms with Crippen LogP contribution in [-0.2, 0) is 16.9 Å². The Balaban J connectivity index is 0.00000169. The van der Waals surface area contributed by atoms with Gasteiger partial charge in [-0.25, -0.2) is 0 Å². The summed E-state index contributed by atoms with van der Waals surface area (Å²) in [6.07, 6.45) is 5.77. The largest absolute Gasteiger partial charge is 0.341 e. The van der Waals surface area contributed by atoms with Crippen LogP contribution < -0.4 is 5.73 Å². The number of halogens is 3. The molecule has 1 fully saturated rings. The Hall–Kier alpha value is -1.08. The highest BCUT2D eigenvalue weighted by molar-refractivity contribution is 9.10. The van der Waals surface area contributed by atoms with E-state index in [1.54, 1.807) is 13.1 Å². The highest BCUT2D eigenvalue weighted by Crippen LogP contribution is 2.26. The summed E-state index contributed by atoms with van der Waals surface area (Å²) in [7, 11) is 0. The van der Waals surface area contributed by atoms with Gasteiger partial charge in [0.1, 0.15) is 5.54 Å². The molecule has 0 aliphatic carbocycles. The van der Waals surface area contributed by atoms with Crippen molar-refractivity contribution >= 4 is 46.7 Å². The Kier molecular flexibility index (Phi) is 8.60. The maximum absolute atomic E-state index is 12.9. The fourth-order valence-corrected chi connectivity index (χ4v) is 3.50. The number of hydrogen-bond donors (Lipinski definition) is 1. The van der Waals surface area contributed by atoms with Gasteiger partial charge in [0.05, 0.1) is 0 Å². The number of amides is 1. The minimum atomic E-state index is -0.991. The number of likely N-dealkylation sites (tertiary alicyclic amines) is 1. The van der Waals surface area contributed by atoms with Crippen molar-refractivity contribution in [1.29, 1.82) is 0 Å². The zero-order valence-corrected chi connectivity index (χ0v) is 17.9. The molecule has 1 aromatic carbocycles. The first kappa shape index (κ1) is 23.0. The van der Waals surface area contributed by atoms with Gasteiger partial charge in [-0.1, -0.05) is 28.1 Å². The standard InChI is InChI=1S/C18H23BrN4O.2ClH/c1-18(20,15-3-5-16(19)6-4-15)17(24)22-11-7-14(8-12-22)13-23-10-2-9-21-23;;/h2-6,9-10,14H,7-8,11-13,20H2,1H3;2*1H. The Morgan fingerprint density at radius 2 is 1.88 bits per heavy atom. The van der Waals surface area contributed by atoms with E-state index in [0.717, 1.165) is 42.5 Å². The first-order valence-corrected chi connectivity index (χ1v) is 9.08. The van der Waals surface area contributed by atoms with Crippen molar-refractivity contribution in [2.24, 2.45) is 11.7 Å². The van der Waals surface area contributed by atoms with Crippen LogP contribution in [0.5, 0.6) is 0 Å². The summed E-state index contributed by atoms with van der Waals surface area (Å²) in [5, 5.41) is 4.26. The van der Waals surface area contributed by atoms with Gasteiger partial charge < -0.3 is 10.6 Å². The maximum atomic E-state index is 12.9. The predicted octanol–water partition coefficient (Wildman–Crippen LogP) is 3.60. The number of carbonyl (C=O) groups excluding carboxylic acids is 1. The molecular weight excluding hydrogens is 439 g/mol. The van der Waals surface area contributed by atoms with Gasteiger partial charge in [-0.05, 0) is 49.4 Å². The average molecular weight is 464 g/mol. The van der Waals surface area contributed by atoms with Gasteiger partial charge in [-0.3, -0.25) is 9.48 Å². The van der Waals surface area contributed by atoms with Crippen LogP contribution >= 0.6 is 40.7 Å². The molecule has 1 saturated heterocycles. The highest BCUT2D eigenvalue weighted by Gasteiger charge is 2.36. The van der Waals surface area contributed by atoms with E-state index in [2.05, 4.69) is 21.0 Å². The van der Waals surface area contributed by atoms with Gasteiger partial charge in [0.25, 0.3) is 0 Å². The minimum Gasteiger partial charge on any atom is -0.341 e. The van der Waals surface area contributed by atoms with Crippen molar-refractivity contribution in [1.82, 2.24) is 14.7 Å². The highest BCUT2D eigenvalue weighted by atomic mass is 79.9. The second kappa shape index (κ2) is 9.74. The Bertz CT molecular complexity index is 684. The van der Waals surface area contributed by atoms with Crippen LogP contribution in [-0.4, -0.2) is 33.7 Å². The van der Waals surface area contributed by atoms with Gasteiger partial charge >= 0.3 is 0 Å². The van der Waals surface area contributed by atoms with Crippen LogP contribution in [0.1, 0.15) is 25.3 Å². The molecule has 1 unspecified atom stereocenters. The molecule has 8 heteroatoms. The molecule has 1 aromatic heterocycles. The first-order chi connectivity index (χ1) is 11.5. The molecule has 2 aromatic rings. The maximum Gasteiger partial charge on any atom is 0.246 e. The topological polar surface area (TPSA) is 64.2 Å². The van der Waals surface area contributed by atoms with E-state index in [1.807, 2.05) is 46.1 Å². The van der Waals surface area contributed by atoms with E-state index in [4.69, 9.17) is 5.73 Å². The van der Waals surface area contributed by atoms with Crippen LogP contribution in [0.4, 0.5) is 0 Å². The van der Waals surface area contributed by atoms with Gasteiger partial charge in [0, 0.05) is 36.5 Å². The number of benzene rings is 1. The first-order valence-electron chi connectivity index (χ1n) is 8.28. The normalized spacial score (nSPS) is 17.0. The third kappa shape index (κ3) is 5.22. The summed E-state index contributed by atoms with van der Waals surface area (Å²) < 4.78 is 2.95. The molecule has 3 rings (SSSR count). The van der Waals surface area contributed by atoms with E-state index in [0.29, 0.717) is 5.92 Å². The van der Waals surface area contributed by atoms with Crippen molar-refractivity contribution < 1.29 is 4.79 Å². The van der Waals surface area contributed by atoms with Crippen LogP contribution in [0.25, 0.3) is 0 Å². The zero-order valence-electron chi connectivity index (χ0n) is 14.7. The van der Waals surface area contributed by atoms with E-state index in [1.165, 1.54) is 0 Å². The lowest BCUT2D eigenvalue weighted by atomic mass is 9.89. The van der Waals surface area contributed by atoms with Crippen LogP contribution in [0.2, 0.25) is 0 Å². The molecule has 0 bridgehead atoms. The number of nitrogens with two attached hydrogens (primary N) is 1. The smallest absolute Gasteiger partial charge is 0.246 e. The molecule has 0 radical (unpaired) electrons. The quantitative estimate of drug-likeness (QED) is 0.753. The minimum absolute atomic E-state index is 0. The molecule has 5 nitrogen and oxygen atoms in total. The third-order valence-electron chi connectivity index (χ3n) is 4.79. The fraction of sp³-hybridized carbons (Fsp3) is 0.444. The van der Waals surface area contributed by atoms with E-state index in [-0.39, 0.29) is 30.7 Å². The molecule has 1 aliphatic heterocycles. The monoisotopic (exact) mass is 462 g/mol. The van der Waals surface area contributed by atoms with Crippen molar-refractivity contribution in [3.8, 4) is 0 Å². The lowest BCUT2D eigenvalue weighted by Gasteiger charge is -2.37. The van der Waals surface area contributed by atoms with Gasteiger partial charge in [-0.15, -0.1) is 24.8 Å². The van der Waals surface area contributed by atoms with Crippen LogP contribution in [0.15, 0.2) is 47.2 Å². The number of carbonyl (C=O) groups is 1. The number of piperidine rings is 1. The summed E-state index contributed by atoms with van der Waals surface area (Å²) in [5.41, 5.74) is 6.24. The fourth-order valence-electron chi connectivity index (χ4n) is 3.24. The lowest BCUT2D eigenvalue weighted by molar-refractivity contribution is -0.138. The summed E-state index contributed by atoms with van der Waals surface area (Å²) in [6, 6.07) is 9.60. The second-order valence-electron chi connectivity index (χ2n) is 6.67. The number of aromatic nitrogens is 2. The zero-order chi connectivity index (χ0) is 17.2. The van der Waals surface area contributed by atoms with Gasteiger partial charge in [-0.2, -0.15) is 5.10 Å². The molecule has 0 spiro atoms. The number of hydrogen-bond acceptors (Lipinski definition) is 3. The number of rotatable bonds is 4. The molecule has 1 amide bonds. The Morgan fingerprint density at radius 3 is 2.42 bits per heavy atom. The van der Waals surface area contributed by atoms with Crippen molar-refractivity contribution in [2.75, 3.05) is 13.1 Å². The molecule has 0 saturated carbocycles. The van der Waals surface area contributed by atoms with Gasteiger partial charge in [0.15, 0.2) is 0 Å².